The molecule has 0 bridgehead atoms. The molecule has 0 radical (unpaired) electrons. The summed E-state index contributed by atoms with van der Waals surface area (Å²) < 4.78 is 5.05. The van der Waals surface area contributed by atoms with Crippen LogP contribution < -0.4 is 0 Å². The predicted octanol–water partition coefficient (Wildman–Crippen LogP) is 5.14. The van der Waals surface area contributed by atoms with Crippen LogP contribution in [-0.2, 0) is 11.2 Å². The van der Waals surface area contributed by atoms with Crippen molar-refractivity contribution >= 4 is 22.8 Å². The Bertz CT molecular complexity index is 692. The molecule has 0 heterocycles. The Hall–Kier alpha value is -2.07. The summed E-state index contributed by atoms with van der Waals surface area (Å²) in [6, 6.07) is 14.7. The van der Waals surface area contributed by atoms with Gasteiger partial charge in [-0.05, 0) is 49.2 Å². The SMILES string of the molecule is CCCCc1ccc(C(=O)Sc2ccccc2C(=O)OCC)cc1. The Morgan fingerprint density at radius 3 is 2.38 bits per heavy atom. The summed E-state index contributed by atoms with van der Waals surface area (Å²) in [4.78, 5) is 25.1. The summed E-state index contributed by atoms with van der Waals surface area (Å²) in [6.45, 7) is 4.24. The van der Waals surface area contributed by atoms with E-state index in [1.165, 1.54) is 5.56 Å². The third-order valence-electron chi connectivity index (χ3n) is 3.59. The largest absolute Gasteiger partial charge is 0.462 e. The molecular formula is C20H22O3S. The van der Waals surface area contributed by atoms with Gasteiger partial charge < -0.3 is 4.74 Å². The molecule has 0 atom stereocenters. The second-order valence-corrected chi connectivity index (χ2v) is 6.42. The number of benzene rings is 2. The maximum Gasteiger partial charge on any atom is 0.339 e. The van der Waals surface area contributed by atoms with E-state index in [4.69, 9.17) is 4.74 Å². The number of unbranched alkanes of at least 4 members (excludes halogenated alkanes) is 1. The topological polar surface area (TPSA) is 43.4 Å². The summed E-state index contributed by atoms with van der Waals surface area (Å²) in [7, 11) is 0. The number of carbonyl (C=O) groups excluding carboxylic acids is 2. The van der Waals surface area contributed by atoms with Crippen LogP contribution in [0.15, 0.2) is 53.4 Å². The number of hydrogen-bond donors (Lipinski definition) is 0. The second-order valence-electron chi connectivity index (χ2n) is 5.41. The molecule has 0 fully saturated rings. The van der Waals surface area contributed by atoms with E-state index in [0.717, 1.165) is 31.0 Å². The first-order valence-electron chi connectivity index (χ1n) is 8.23. The fourth-order valence-electron chi connectivity index (χ4n) is 2.28. The lowest BCUT2D eigenvalue weighted by Gasteiger charge is -2.08. The zero-order valence-electron chi connectivity index (χ0n) is 14.1. The Kier molecular flexibility index (Phi) is 7.07. The predicted molar refractivity (Wildman–Crippen MR) is 97.6 cm³/mol. The molecule has 2 aromatic rings. The highest BCUT2D eigenvalue weighted by molar-refractivity contribution is 8.14. The van der Waals surface area contributed by atoms with Crippen molar-refractivity contribution in [3.63, 3.8) is 0 Å². The summed E-state index contributed by atoms with van der Waals surface area (Å²) >= 11 is 1.06. The average molecular weight is 342 g/mol. The van der Waals surface area contributed by atoms with Gasteiger partial charge in [0.15, 0.2) is 0 Å². The number of carbonyl (C=O) groups is 2. The molecule has 0 N–H and O–H groups in total. The highest BCUT2D eigenvalue weighted by atomic mass is 32.2. The van der Waals surface area contributed by atoms with Crippen LogP contribution >= 0.6 is 11.8 Å². The van der Waals surface area contributed by atoms with Crippen molar-refractivity contribution in [2.45, 2.75) is 38.0 Å². The molecule has 0 unspecified atom stereocenters. The van der Waals surface area contributed by atoms with Crippen LogP contribution in [0.3, 0.4) is 0 Å². The average Bonchev–Trinajstić information content (AvgIpc) is 2.61. The van der Waals surface area contributed by atoms with Crippen LogP contribution in [-0.4, -0.2) is 17.7 Å². The number of aryl methyl sites for hydroxylation is 1. The van der Waals surface area contributed by atoms with Gasteiger partial charge in [-0.15, -0.1) is 0 Å². The van der Waals surface area contributed by atoms with E-state index in [9.17, 15) is 9.59 Å². The van der Waals surface area contributed by atoms with Gasteiger partial charge in [0.2, 0.25) is 5.12 Å². The van der Waals surface area contributed by atoms with Gasteiger partial charge in [-0.3, -0.25) is 4.79 Å². The molecule has 3 nitrogen and oxygen atoms in total. The van der Waals surface area contributed by atoms with E-state index in [1.54, 1.807) is 25.1 Å². The van der Waals surface area contributed by atoms with Gasteiger partial charge in [0.05, 0.1) is 12.2 Å². The molecule has 0 aliphatic carbocycles. The van der Waals surface area contributed by atoms with E-state index >= 15 is 0 Å². The molecule has 0 saturated heterocycles. The molecule has 2 rings (SSSR count). The van der Waals surface area contributed by atoms with Crippen molar-refractivity contribution in [3.8, 4) is 0 Å². The van der Waals surface area contributed by atoms with Gasteiger partial charge in [0.25, 0.3) is 0 Å². The molecular weight excluding hydrogens is 320 g/mol. The van der Waals surface area contributed by atoms with Gasteiger partial charge in [-0.1, -0.05) is 49.7 Å². The quantitative estimate of drug-likeness (QED) is 0.516. The molecule has 0 aromatic heterocycles. The van der Waals surface area contributed by atoms with Crippen molar-refractivity contribution in [1.29, 1.82) is 0 Å². The van der Waals surface area contributed by atoms with E-state index < -0.39 is 5.97 Å². The van der Waals surface area contributed by atoms with E-state index in [-0.39, 0.29) is 5.12 Å². The molecule has 0 aliphatic rings. The molecule has 0 spiro atoms. The van der Waals surface area contributed by atoms with Crippen molar-refractivity contribution < 1.29 is 14.3 Å². The summed E-state index contributed by atoms with van der Waals surface area (Å²) in [5.74, 6) is -0.400. The van der Waals surface area contributed by atoms with Crippen LogP contribution in [0.1, 0.15) is 53.0 Å². The Morgan fingerprint density at radius 2 is 1.71 bits per heavy atom. The molecule has 0 aliphatic heterocycles. The smallest absolute Gasteiger partial charge is 0.339 e. The van der Waals surface area contributed by atoms with Crippen molar-refractivity contribution in [3.05, 3.63) is 65.2 Å². The van der Waals surface area contributed by atoms with Gasteiger partial charge in [0, 0.05) is 10.5 Å². The minimum atomic E-state index is -0.400. The highest BCUT2D eigenvalue weighted by Crippen LogP contribution is 2.27. The molecule has 4 heteroatoms. The maximum absolute atomic E-state index is 12.5. The first-order valence-corrected chi connectivity index (χ1v) is 9.04. The lowest BCUT2D eigenvalue weighted by atomic mass is 10.1. The van der Waals surface area contributed by atoms with Crippen LogP contribution in [0.2, 0.25) is 0 Å². The molecule has 0 saturated carbocycles. The highest BCUT2D eigenvalue weighted by Gasteiger charge is 2.16. The number of ether oxygens (including phenoxy) is 1. The van der Waals surface area contributed by atoms with Crippen LogP contribution in [0.5, 0.6) is 0 Å². The monoisotopic (exact) mass is 342 g/mol. The van der Waals surface area contributed by atoms with Crippen LogP contribution in [0, 0.1) is 0 Å². The van der Waals surface area contributed by atoms with Gasteiger partial charge in [-0.25, -0.2) is 4.79 Å². The summed E-state index contributed by atoms with van der Waals surface area (Å²) in [5, 5.41) is -0.0752. The summed E-state index contributed by atoms with van der Waals surface area (Å²) in [5.41, 5.74) is 2.31. The fraction of sp³-hybridized carbons (Fsp3) is 0.300. The van der Waals surface area contributed by atoms with Crippen molar-refractivity contribution in [1.82, 2.24) is 0 Å². The lowest BCUT2D eigenvalue weighted by Crippen LogP contribution is -2.06. The standard InChI is InChI=1S/C20H22O3S/c1-3-5-8-15-11-13-16(14-12-15)20(22)24-18-10-7-6-9-17(18)19(21)23-4-2/h6-7,9-14H,3-5,8H2,1-2H3. The molecule has 2 aromatic carbocycles. The van der Waals surface area contributed by atoms with Gasteiger partial charge in [0.1, 0.15) is 0 Å². The third kappa shape index (κ3) is 4.96. The molecule has 126 valence electrons. The Balaban J connectivity index is 2.11. The van der Waals surface area contributed by atoms with Gasteiger partial charge in [-0.2, -0.15) is 0 Å². The fourth-order valence-corrected chi connectivity index (χ4v) is 3.14. The number of hydrogen-bond acceptors (Lipinski definition) is 4. The van der Waals surface area contributed by atoms with Crippen molar-refractivity contribution in [2.24, 2.45) is 0 Å². The lowest BCUT2D eigenvalue weighted by molar-refractivity contribution is 0.0522. The Morgan fingerprint density at radius 1 is 1.00 bits per heavy atom. The number of thioether (sulfide) groups is 1. The molecule has 0 amide bonds. The maximum atomic E-state index is 12.5. The van der Waals surface area contributed by atoms with Crippen LogP contribution in [0.4, 0.5) is 0 Å². The first-order chi connectivity index (χ1) is 11.7. The number of rotatable bonds is 7. The zero-order valence-corrected chi connectivity index (χ0v) is 14.9. The normalized spacial score (nSPS) is 10.4. The minimum Gasteiger partial charge on any atom is -0.462 e. The van der Waals surface area contributed by atoms with E-state index in [0.29, 0.717) is 22.6 Å². The van der Waals surface area contributed by atoms with E-state index in [1.807, 2.05) is 30.3 Å². The van der Waals surface area contributed by atoms with Crippen LogP contribution in [0.25, 0.3) is 0 Å². The minimum absolute atomic E-state index is 0.0752. The van der Waals surface area contributed by atoms with Crippen molar-refractivity contribution in [2.75, 3.05) is 6.61 Å². The zero-order chi connectivity index (χ0) is 17.4. The number of esters is 1. The second kappa shape index (κ2) is 9.28. The summed E-state index contributed by atoms with van der Waals surface area (Å²) in [6.07, 6.45) is 3.33. The van der Waals surface area contributed by atoms with E-state index in [2.05, 4.69) is 6.92 Å². The van der Waals surface area contributed by atoms with Gasteiger partial charge >= 0.3 is 5.97 Å². The third-order valence-corrected chi connectivity index (χ3v) is 4.59. The Labute approximate surface area is 147 Å². The first kappa shape index (κ1) is 18.3. The molecule has 24 heavy (non-hydrogen) atoms.